The number of ether oxygens (including phenoxy) is 1. The van der Waals surface area contributed by atoms with E-state index in [4.69, 9.17) is 4.74 Å². The van der Waals surface area contributed by atoms with Crippen molar-refractivity contribution in [2.45, 2.75) is 33.1 Å². The maximum absolute atomic E-state index is 13.0. The van der Waals surface area contributed by atoms with Crippen LogP contribution in [-0.2, 0) is 9.53 Å². The van der Waals surface area contributed by atoms with E-state index in [1.54, 1.807) is 29.2 Å². The maximum atomic E-state index is 13.0. The maximum Gasteiger partial charge on any atom is 0.339 e. The van der Waals surface area contributed by atoms with Gasteiger partial charge in [0, 0.05) is 24.2 Å². The van der Waals surface area contributed by atoms with E-state index in [1.165, 1.54) is 0 Å². The molecule has 5 nitrogen and oxygen atoms in total. The number of nitrogens with zero attached hydrogens (tertiary/aromatic N) is 1. The van der Waals surface area contributed by atoms with E-state index in [1.807, 2.05) is 32.0 Å². The molecular weight excluding hydrogens is 354 g/mol. The first-order valence-electron chi connectivity index (χ1n) is 9.63. The number of esters is 1. The van der Waals surface area contributed by atoms with Gasteiger partial charge in [0.1, 0.15) is 0 Å². The van der Waals surface area contributed by atoms with Crippen molar-refractivity contribution in [1.82, 2.24) is 4.90 Å². The van der Waals surface area contributed by atoms with Crippen LogP contribution in [0.4, 0.5) is 0 Å². The van der Waals surface area contributed by atoms with Crippen LogP contribution < -0.4 is 0 Å². The van der Waals surface area contributed by atoms with Crippen LogP contribution in [0.3, 0.4) is 0 Å². The number of hydrogen-bond acceptors (Lipinski definition) is 4. The van der Waals surface area contributed by atoms with E-state index >= 15 is 0 Å². The Bertz CT molecular complexity index is 897. The van der Waals surface area contributed by atoms with Gasteiger partial charge in [0.05, 0.1) is 5.56 Å². The van der Waals surface area contributed by atoms with Crippen LogP contribution in [0.2, 0.25) is 0 Å². The summed E-state index contributed by atoms with van der Waals surface area (Å²) in [5, 5.41) is 0. The van der Waals surface area contributed by atoms with Gasteiger partial charge < -0.3 is 9.64 Å². The molecule has 0 radical (unpaired) electrons. The largest absolute Gasteiger partial charge is 0.452 e. The summed E-state index contributed by atoms with van der Waals surface area (Å²) < 4.78 is 5.24. The van der Waals surface area contributed by atoms with Crippen molar-refractivity contribution < 1.29 is 19.1 Å². The predicted molar refractivity (Wildman–Crippen MR) is 107 cm³/mol. The fourth-order valence-electron chi connectivity index (χ4n) is 3.42. The lowest BCUT2D eigenvalue weighted by Gasteiger charge is -2.26. The molecule has 28 heavy (non-hydrogen) atoms. The average Bonchev–Trinajstić information content (AvgIpc) is 2.73. The van der Waals surface area contributed by atoms with Crippen LogP contribution in [0.1, 0.15) is 56.7 Å². The van der Waals surface area contributed by atoms with Gasteiger partial charge in [-0.15, -0.1) is 0 Å². The van der Waals surface area contributed by atoms with E-state index in [-0.39, 0.29) is 29.4 Å². The quantitative estimate of drug-likeness (QED) is 0.587. The zero-order chi connectivity index (χ0) is 20.1. The summed E-state index contributed by atoms with van der Waals surface area (Å²) in [6.07, 6.45) is 3.08. The molecule has 0 saturated carbocycles. The molecule has 1 saturated heterocycles. The number of ketones is 1. The Hall–Kier alpha value is -2.95. The third-order valence-electron chi connectivity index (χ3n) is 5.06. The van der Waals surface area contributed by atoms with Gasteiger partial charge in [-0.2, -0.15) is 0 Å². The number of aryl methyl sites for hydroxylation is 2. The minimum atomic E-state index is -0.653. The average molecular weight is 379 g/mol. The molecular formula is C23H25NO4. The van der Waals surface area contributed by atoms with Gasteiger partial charge in [0.2, 0.25) is 0 Å². The Morgan fingerprint density at radius 1 is 0.893 bits per heavy atom. The smallest absolute Gasteiger partial charge is 0.339 e. The molecule has 0 unspecified atom stereocenters. The summed E-state index contributed by atoms with van der Waals surface area (Å²) in [5.74, 6) is -1.07. The standard InChI is InChI=1S/C23H25NO4/c1-16-10-11-17(2)20(14-16)22(26)18-8-4-5-9-19(18)23(27)28-15-21(25)24-12-6-3-7-13-24/h4-5,8-11,14H,3,6-7,12-13,15H2,1-2H3. The van der Waals surface area contributed by atoms with Crippen LogP contribution in [0, 0.1) is 13.8 Å². The number of carbonyl (C=O) groups is 3. The predicted octanol–water partition coefficient (Wildman–Crippen LogP) is 3.70. The van der Waals surface area contributed by atoms with Crippen molar-refractivity contribution in [2.75, 3.05) is 19.7 Å². The Kier molecular flexibility index (Phi) is 6.24. The van der Waals surface area contributed by atoms with Crippen molar-refractivity contribution in [3.05, 3.63) is 70.3 Å². The molecule has 146 valence electrons. The van der Waals surface area contributed by atoms with Gasteiger partial charge in [-0.05, 0) is 50.8 Å². The molecule has 0 bridgehead atoms. The van der Waals surface area contributed by atoms with Crippen LogP contribution in [0.5, 0.6) is 0 Å². The molecule has 2 aromatic rings. The fourth-order valence-corrected chi connectivity index (χ4v) is 3.42. The molecule has 0 aliphatic carbocycles. The normalized spacial score (nSPS) is 13.9. The van der Waals surface area contributed by atoms with Gasteiger partial charge in [-0.3, -0.25) is 9.59 Å². The van der Waals surface area contributed by atoms with Crippen molar-refractivity contribution in [2.24, 2.45) is 0 Å². The van der Waals surface area contributed by atoms with E-state index in [2.05, 4.69) is 0 Å². The number of likely N-dealkylation sites (tertiary alicyclic amines) is 1. The Morgan fingerprint density at radius 2 is 1.57 bits per heavy atom. The molecule has 0 spiro atoms. The first-order valence-corrected chi connectivity index (χ1v) is 9.63. The number of rotatable bonds is 5. The number of benzene rings is 2. The van der Waals surface area contributed by atoms with Crippen LogP contribution in [0.15, 0.2) is 42.5 Å². The monoisotopic (exact) mass is 379 g/mol. The molecule has 1 fully saturated rings. The molecule has 1 amide bonds. The third-order valence-corrected chi connectivity index (χ3v) is 5.06. The molecule has 5 heteroatoms. The van der Waals surface area contributed by atoms with Crippen molar-refractivity contribution in [1.29, 1.82) is 0 Å². The summed E-state index contributed by atoms with van der Waals surface area (Å²) in [7, 11) is 0. The summed E-state index contributed by atoms with van der Waals surface area (Å²) in [6, 6.07) is 12.2. The van der Waals surface area contributed by atoms with E-state index in [0.29, 0.717) is 18.7 Å². The molecule has 1 aliphatic heterocycles. The topological polar surface area (TPSA) is 63.7 Å². The van der Waals surface area contributed by atoms with Gasteiger partial charge >= 0.3 is 5.97 Å². The summed E-state index contributed by atoms with van der Waals surface area (Å²) in [5.41, 5.74) is 2.84. The van der Waals surface area contributed by atoms with Crippen LogP contribution >= 0.6 is 0 Å². The lowest BCUT2D eigenvalue weighted by Crippen LogP contribution is -2.38. The van der Waals surface area contributed by atoms with E-state index in [0.717, 1.165) is 30.4 Å². The Morgan fingerprint density at radius 3 is 2.29 bits per heavy atom. The Labute approximate surface area is 165 Å². The van der Waals surface area contributed by atoms with Crippen molar-refractivity contribution in [3.63, 3.8) is 0 Å². The molecule has 0 atom stereocenters. The highest BCUT2D eigenvalue weighted by atomic mass is 16.5. The van der Waals surface area contributed by atoms with Crippen LogP contribution in [0.25, 0.3) is 0 Å². The molecule has 1 heterocycles. The molecule has 2 aromatic carbocycles. The van der Waals surface area contributed by atoms with Crippen molar-refractivity contribution in [3.8, 4) is 0 Å². The lowest BCUT2D eigenvalue weighted by atomic mass is 9.94. The first kappa shape index (κ1) is 19.8. The number of piperidine rings is 1. The molecule has 1 aliphatic rings. The third kappa shape index (κ3) is 4.47. The number of amides is 1. The highest BCUT2D eigenvalue weighted by Gasteiger charge is 2.22. The Balaban J connectivity index is 1.76. The fraction of sp³-hybridized carbons (Fsp3) is 0.348. The van der Waals surface area contributed by atoms with Gasteiger partial charge in [0.15, 0.2) is 12.4 Å². The highest BCUT2D eigenvalue weighted by Crippen LogP contribution is 2.20. The highest BCUT2D eigenvalue weighted by molar-refractivity contribution is 6.15. The number of hydrogen-bond donors (Lipinski definition) is 0. The SMILES string of the molecule is Cc1ccc(C)c(C(=O)c2ccccc2C(=O)OCC(=O)N2CCCCC2)c1. The second kappa shape index (κ2) is 8.83. The second-order valence-corrected chi connectivity index (χ2v) is 7.21. The molecule has 3 rings (SSSR count). The van der Waals surface area contributed by atoms with E-state index in [9.17, 15) is 14.4 Å². The van der Waals surface area contributed by atoms with Gasteiger partial charge in [-0.1, -0.05) is 35.9 Å². The first-order chi connectivity index (χ1) is 13.5. The van der Waals surface area contributed by atoms with Gasteiger partial charge in [-0.25, -0.2) is 4.79 Å². The van der Waals surface area contributed by atoms with Crippen molar-refractivity contribution >= 4 is 17.7 Å². The molecule has 0 aromatic heterocycles. The summed E-state index contributed by atoms with van der Waals surface area (Å²) >= 11 is 0. The number of carbonyl (C=O) groups excluding carboxylic acids is 3. The van der Waals surface area contributed by atoms with Crippen LogP contribution in [-0.4, -0.2) is 42.3 Å². The van der Waals surface area contributed by atoms with E-state index < -0.39 is 5.97 Å². The minimum absolute atomic E-state index is 0.180. The lowest BCUT2D eigenvalue weighted by molar-refractivity contribution is -0.135. The second-order valence-electron chi connectivity index (χ2n) is 7.21. The summed E-state index contributed by atoms with van der Waals surface area (Å²) in [4.78, 5) is 39.6. The molecule has 0 N–H and O–H groups in total. The zero-order valence-corrected chi connectivity index (χ0v) is 16.4. The zero-order valence-electron chi connectivity index (χ0n) is 16.4. The van der Waals surface area contributed by atoms with Gasteiger partial charge in [0.25, 0.3) is 5.91 Å². The minimum Gasteiger partial charge on any atom is -0.452 e. The summed E-state index contributed by atoms with van der Waals surface area (Å²) in [6.45, 7) is 4.90.